The maximum atomic E-state index is 13.3. The van der Waals surface area contributed by atoms with Gasteiger partial charge in [0.15, 0.2) is 0 Å². The molecule has 0 aliphatic rings. The van der Waals surface area contributed by atoms with Crippen molar-refractivity contribution in [3.05, 3.63) is 96.5 Å². The Labute approximate surface area is 161 Å². The minimum Gasteiger partial charge on any atom is -0.467 e. The Morgan fingerprint density at radius 2 is 1.54 bits per heavy atom. The van der Waals surface area contributed by atoms with Gasteiger partial charge in [-0.15, -0.1) is 0 Å². The van der Waals surface area contributed by atoms with Gasteiger partial charge < -0.3 is 18.7 Å². The summed E-state index contributed by atoms with van der Waals surface area (Å²) in [5, 5.41) is 3.31. The van der Waals surface area contributed by atoms with Crippen LogP contribution in [-0.4, -0.2) is 15.8 Å². The number of furan rings is 2. The summed E-state index contributed by atoms with van der Waals surface area (Å²) in [4.78, 5) is 18.3. The summed E-state index contributed by atoms with van der Waals surface area (Å²) in [6.45, 7) is 0.727. The Kier molecular flexibility index (Phi) is 3.98. The van der Waals surface area contributed by atoms with Gasteiger partial charge in [0.25, 0.3) is 5.91 Å². The van der Waals surface area contributed by atoms with Gasteiger partial charge in [0.2, 0.25) is 0 Å². The highest BCUT2D eigenvalue weighted by Crippen LogP contribution is 2.27. The van der Waals surface area contributed by atoms with E-state index in [0.29, 0.717) is 18.8 Å². The number of carbonyl (C=O) groups is 1. The number of hydrogen-bond donors (Lipinski definition) is 1. The van der Waals surface area contributed by atoms with E-state index < -0.39 is 0 Å². The fourth-order valence-corrected chi connectivity index (χ4v) is 3.55. The van der Waals surface area contributed by atoms with Crippen LogP contribution in [0.1, 0.15) is 22.0 Å². The number of aromatic amines is 1. The quantitative estimate of drug-likeness (QED) is 0.454. The van der Waals surface area contributed by atoms with E-state index in [1.54, 1.807) is 17.4 Å². The molecule has 28 heavy (non-hydrogen) atoms. The average molecular weight is 370 g/mol. The van der Waals surface area contributed by atoms with Crippen LogP contribution < -0.4 is 0 Å². The predicted octanol–water partition coefficient (Wildman–Crippen LogP) is 5.35. The standard InChI is InChI=1S/C23H18N2O3/c26-23(25(14-17-6-3-11-27-17)15-18-7-4-12-28-18)22-13-20-19-8-2-1-5-16(19)9-10-21(20)24-22/h1-13,24H,14-15H2. The minimum absolute atomic E-state index is 0.104. The molecule has 3 heterocycles. The normalized spacial score (nSPS) is 11.3. The highest BCUT2D eigenvalue weighted by atomic mass is 16.3. The van der Waals surface area contributed by atoms with Gasteiger partial charge in [0, 0.05) is 10.9 Å². The third-order valence-electron chi connectivity index (χ3n) is 4.90. The fraction of sp³-hybridized carbons (Fsp3) is 0.0870. The molecule has 0 saturated carbocycles. The molecule has 1 N–H and O–H groups in total. The summed E-state index contributed by atoms with van der Waals surface area (Å²) in [6.07, 6.45) is 3.22. The number of amides is 1. The SMILES string of the molecule is O=C(c1cc2c(ccc3ccccc32)[nH]1)N(Cc1ccco1)Cc1ccco1. The van der Waals surface area contributed by atoms with Gasteiger partial charge in [-0.1, -0.05) is 30.3 Å². The second-order valence-corrected chi connectivity index (χ2v) is 6.75. The molecule has 0 fully saturated rings. The number of benzene rings is 2. The van der Waals surface area contributed by atoms with Gasteiger partial charge in [-0.05, 0) is 47.2 Å². The molecule has 0 aliphatic carbocycles. The number of nitrogens with one attached hydrogen (secondary N) is 1. The average Bonchev–Trinajstić information content (AvgIpc) is 3.48. The van der Waals surface area contributed by atoms with Crippen molar-refractivity contribution in [3.63, 3.8) is 0 Å². The number of nitrogens with zero attached hydrogens (tertiary/aromatic N) is 1. The van der Waals surface area contributed by atoms with Crippen molar-refractivity contribution in [2.75, 3.05) is 0 Å². The molecule has 0 saturated heterocycles. The minimum atomic E-state index is -0.104. The summed E-state index contributed by atoms with van der Waals surface area (Å²) in [5.41, 5.74) is 1.49. The number of H-pyrrole nitrogens is 1. The smallest absolute Gasteiger partial charge is 0.271 e. The Bertz CT molecular complexity index is 1200. The molecule has 0 spiro atoms. The zero-order valence-corrected chi connectivity index (χ0v) is 15.1. The number of carbonyl (C=O) groups excluding carboxylic acids is 1. The number of rotatable bonds is 5. The van der Waals surface area contributed by atoms with Crippen molar-refractivity contribution in [2.24, 2.45) is 0 Å². The van der Waals surface area contributed by atoms with Crippen LogP contribution >= 0.6 is 0 Å². The molecule has 0 aliphatic heterocycles. The van der Waals surface area contributed by atoms with E-state index in [-0.39, 0.29) is 5.91 Å². The molecule has 3 aromatic heterocycles. The third-order valence-corrected chi connectivity index (χ3v) is 4.90. The first-order chi connectivity index (χ1) is 13.8. The molecular formula is C23H18N2O3. The Balaban J connectivity index is 1.53. The van der Waals surface area contributed by atoms with Crippen LogP contribution in [0.25, 0.3) is 21.7 Å². The van der Waals surface area contributed by atoms with Crippen LogP contribution in [0.15, 0.2) is 88.1 Å². The monoisotopic (exact) mass is 370 g/mol. The summed E-state index contributed by atoms with van der Waals surface area (Å²) in [6, 6.07) is 21.5. The van der Waals surface area contributed by atoms with Crippen LogP contribution in [-0.2, 0) is 13.1 Å². The lowest BCUT2D eigenvalue weighted by Gasteiger charge is -2.19. The molecular weight excluding hydrogens is 352 g/mol. The van der Waals surface area contributed by atoms with Crippen molar-refractivity contribution in [2.45, 2.75) is 13.1 Å². The van der Waals surface area contributed by atoms with Crippen molar-refractivity contribution in [1.29, 1.82) is 0 Å². The zero-order valence-electron chi connectivity index (χ0n) is 15.1. The second kappa shape index (κ2) is 6.78. The molecule has 1 amide bonds. The fourth-order valence-electron chi connectivity index (χ4n) is 3.55. The summed E-state index contributed by atoms with van der Waals surface area (Å²) >= 11 is 0. The maximum absolute atomic E-state index is 13.3. The Hall–Kier alpha value is -3.73. The van der Waals surface area contributed by atoms with Gasteiger partial charge in [0.1, 0.15) is 17.2 Å². The Morgan fingerprint density at radius 1 is 0.821 bits per heavy atom. The lowest BCUT2D eigenvalue weighted by Crippen LogP contribution is -2.30. The largest absolute Gasteiger partial charge is 0.467 e. The van der Waals surface area contributed by atoms with E-state index in [4.69, 9.17) is 8.83 Å². The first-order valence-corrected chi connectivity index (χ1v) is 9.12. The zero-order chi connectivity index (χ0) is 18.9. The van der Waals surface area contributed by atoms with Gasteiger partial charge in [0.05, 0.1) is 25.6 Å². The number of aromatic nitrogens is 1. The molecule has 5 rings (SSSR count). The molecule has 5 aromatic rings. The van der Waals surface area contributed by atoms with Gasteiger partial charge in [-0.3, -0.25) is 4.79 Å². The van der Waals surface area contributed by atoms with Crippen LogP contribution in [0.4, 0.5) is 0 Å². The highest BCUT2D eigenvalue weighted by molar-refractivity contribution is 6.09. The molecule has 0 unspecified atom stereocenters. The number of fused-ring (bicyclic) bond motifs is 3. The lowest BCUT2D eigenvalue weighted by atomic mass is 10.1. The molecule has 5 heteroatoms. The van der Waals surface area contributed by atoms with Crippen LogP contribution in [0.3, 0.4) is 0 Å². The molecule has 5 nitrogen and oxygen atoms in total. The molecule has 2 aromatic carbocycles. The third kappa shape index (κ3) is 2.97. The van der Waals surface area contributed by atoms with E-state index in [1.807, 2.05) is 48.5 Å². The predicted molar refractivity (Wildman–Crippen MR) is 107 cm³/mol. The van der Waals surface area contributed by atoms with Gasteiger partial charge >= 0.3 is 0 Å². The number of hydrogen-bond acceptors (Lipinski definition) is 3. The second-order valence-electron chi connectivity index (χ2n) is 6.75. The molecule has 0 radical (unpaired) electrons. The lowest BCUT2D eigenvalue weighted by molar-refractivity contribution is 0.0700. The topological polar surface area (TPSA) is 62.4 Å². The van der Waals surface area contributed by atoms with Crippen molar-refractivity contribution in [3.8, 4) is 0 Å². The van der Waals surface area contributed by atoms with E-state index in [0.717, 1.165) is 33.2 Å². The first-order valence-electron chi connectivity index (χ1n) is 9.12. The molecule has 0 atom stereocenters. The van der Waals surface area contributed by atoms with Gasteiger partial charge in [-0.25, -0.2) is 0 Å². The molecule has 0 bridgehead atoms. The van der Waals surface area contributed by atoms with E-state index >= 15 is 0 Å². The maximum Gasteiger partial charge on any atom is 0.271 e. The molecule has 138 valence electrons. The summed E-state index contributed by atoms with van der Waals surface area (Å²) < 4.78 is 10.9. The van der Waals surface area contributed by atoms with Crippen molar-refractivity contribution >= 4 is 27.6 Å². The summed E-state index contributed by atoms with van der Waals surface area (Å²) in [5.74, 6) is 1.34. The van der Waals surface area contributed by atoms with E-state index in [9.17, 15) is 4.79 Å². The van der Waals surface area contributed by atoms with E-state index in [2.05, 4.69) is 23.2 Å². The van der Waals surface area contributed by atoms with Crippen LogP contribution in [0, 0.1) is 0 Å². The van der Waals surface area contributed by atoms with E-state index in [1.165, 1.54) is 0 Å². The van der Waals surface area contributed by atoms with Crippen LogP contribution in [0.2, 0.25) is 0 Å². The van der Waals surface area contributed by atoms with Gasteiger partial charge in [-0.2, -0.15) is 0 Å². The highest BCUT2D eigenvalue weighted by Gasteiger charge is 2.21. The summed E-state index contributed by atoms with van der Waals surface area (Å²) in [7, 11) is 0. The van der Waals surface area contributed by atoms with Crippen molar-refractivity contribution < 1.29 is 13.6 Å². The Morgan fingerprint density at radius 3 is 2.21 bits per heavy atom. The first kappa shape index (κ1) is 16.4. The van der Waals surface area contributed by atoms with Crippen molar-refractivity contribution in [1.82, 2.24) is 9.88 Å². The van der Waals surface area contributed by atoms with Crippen LogP contribution in [0.5, 0.6) is 0 Å².